The van der Waals surface area contributed by atoms with Gasteiger partial charge in [-0.2, -0.15) is 0 Å². The van der Waals surface area contributed by atoms with Gasteiger partial charge >= 0.3 is 0 Å². The topological polar surface area (TPSA) is 21.7 Å². The predicted octanol–water partition coefficient (Wildman–Crippen LogP) is 3.48. The number of benzene rings is 1. The summed E-state index contributed by atoms with van der Waals surface area (Å²) in [7, 11) is 0. The molecule has 2 rings (SSSR count). The van der Waals surface area contributed by atoms with E-state index in [1.54, 1.807) is 18.2 Å². The molecule has 0 bridgehead atoms. The molecule has 0 unspecified atom stereocenters. The van der Waals surface area contributed by atoms with Gasteiger partial charge in [-0.1, -0.05) is 23.2 Å². The second-order valence-electron chi connectivity index (χ2n) is 4.59. The van der Waals surface area contributed by atoms with E-state index in [4.69, 9.17) is 32.7 Å². The molecule has 0 aliphatic carbocycles. The zero-order chi connectivity index (χ0) is 13.5. The van der Waals surface area contributed by atoms with Crippen molar-refractivity contribution in [1.82, 2.24) is 4.90 Å². The molecular formula is C14H19Cl2NO2. The molecule has 0 aromatic heterocycles. The van der Waals surface area contributed by atoms with E-state index >= 15 is 0 Å². The van der Waals surface area contributed by atoms with Gasteiger partial charge in [0, 0.05) is 12.6 Å². The van der Waals surface area contributed by atoms with Crippen LogP contribution in [0.25, 0.3) is 0 Å². The highest BCUT2D eigenvalue weighted by atomic mass is 35.5. The van der Waals surface area contributed by atoms with Crippen molar-refractivity contribution in [3.8, 4) is 5.75 Å². The monoisotopic (exact) mass is 303 g/mol. The van der Waals surface area contributed by atoms with Gasteiger partial charge in [-0.25, -0.2) is 0 Å². The van der Waals surface area contributed by atoms with Crippen molar-refractivity contribution in [2.75, 3.05) is 39.5 Å². The van der Waals surface area contributed by atoms with Gasteiger partial charge in [0.25, 0.3) is 0 Å². The summed E-state index contributed by atoms with van der Waals surface area (Å²) in [5.41, 5.74) is 0. The molecule has 1 heterocycles. The summed E-state index contributed by atoms with van der Waals surface area (Å²) in [4.78, 5) is 2.43. The van der Waals surface area contributed by atoms with Crippen molar-refractivity contribution in [1.29, 1.82) is 0 Å². The van der Waals surface area contributed by atoms with Crippen LogP contribution in [0, 0.1) is 0 Å². The van der Waals surface area contributed by atoms with E-state index in [2.05, 4.69) is 4.90 Å². The fourth-order valence-corrected chi connectivity index (χ4v) is 2.38. The molecule has 1 aliphatic heterocycles. The molecule has 0 saturated carbocycles. The van der Waals surface area contributed by atoms with Crippen molar-refractivity contribution >= 4 is 23.2 Å². The Bertz CT molecular complexity index is 395. The van der Waals surface area contributed by atoms with Crippen LogP contribution in [0.1, 0.15) is 12.8 Å². The van der Waals surface area contributed by atoms with E-state index in [0.717, 1.165) is 18.9 Å². The quantitative estimate of drug-likeness (QED) is 0.720. The second-order valence-corrected chi connectivity index (χ2v) is 5.40. The normalized spacial score (nSPS) is 15.9. The smallest absolute Gasteiger partial charge is 0.121 e. The fourth-order valence-electron chi connectivity index (χ4n) is 2.09. The Morgan fingerprint density at radius 3 is 2.53 bits per heavy atom. The van der Waals surface area contributed by atoms with E-state index in [1.165, 1.54) is 25.9 Å². The van der Waals surface area contributed by atoms with Gasteiger partial charge in [-0.05, 0) is 38.1 Å². The standard InChI is InChI=1S/C14H19Cl2NO2/c15-13-4-3-12(11-14(13)16)19-10-9-18-8-7-17-5-1-2-6-17/h3-4,11H,1-2,5-10H2. The summed E-state index contributed by atoms with van der Waals surface area (Å²) in [6.45, 7) is 5.33. The molecule has 0 N–H and O–H groups in total. The Hall–Kier alpha value is -0.480. The lowest BCUT2D eigenvalue weighted by Crippen LogP contribution is -2.24. The summed E-state index contributed by atoms with van der Waals surface area (Å²) in [6, 6.07) is 5.25. The molecule has 0 atom stereocenters. The molecular weight excluding hydrogens is 285 g/mol. The number of hydrogen-bond donors (Lipinski definition) is 0. The molecule has 0 amide bonds. The van der Waals surface area contributed by atoms with Gasteiger partial charge in [0.05, 0.1) is 23.3 Å². The third-order valence-corrected chi connectivity index (χ3v) is 3.88. The average Bonchev–Trinajstić information content (AvgIpc) is 2.91. The fraction of sp³-hybridized carbons (Fsp3) is 0.571. The molecule has 3 nitrogen and oxygen atoms in total. The lowest BCUT2D eigenvalue weighted by atomic mass is 10.3. The Labute approximate surface area is 124 Å². The highest BCUT2D eigenvalue weighted by Gasteiger charge is 2.10. The number of ether oxygens (including phenoxy) is 2. The maximum atomic E-state index is 5.90. The molecule has 106 valence electrons. The highest BCUT2D eigenvalue weighted by Crippen LogP contribution is 2.26. The van der Waals surface area contributed by atoms with Crippen LogP contribution in [0.4, 0.5) is 0 Å². The van der Waals surface area contributed by atoms with Crippen LogP contribution < -0.4 is 4.74 Å². The zero-order valence-corrected chi connectivity index (χ0v) is 12.4. The molecule has 19 heavy (non-hydrogen) atoms. The SMILES string of the molecule is Clc1ccc(OCCOCCN2CCCC2)cc1Cl. The first kappa shape index (κ1) is 14.9. The molecule has 1 fully saturated rings. The molecule has 0 spiro atoms. The molecule has 5 heteroatoms. The van der Waals surface area contributed by atoms with Crippen LogP contribution in [0.5, 0.6) is 5.75 Å². The van der Waals surface area contributed by atoms with Gasteiger partial charge < -0.3 is 14.4 Å². The van der Waals surface area contributed by atoms with Gasteiger partial charge in [0.1, 0.15) is 12.4 Å². The van der Waals surface area contributed by atoms with Crippen molar-refractivity contribution < 1.29 is 9.47 Å². The minimum absolute atomic E-state index is 0.508. The number of likely N-dealkylation sites (tertiary alicyclic amines) is 1. The minimum Gasteiger partial charge on any atom is -0.491 e. The average molecular weight is 304 g/mol. The number of hydrogen-bond acceptors (Lipinski definition) is 3. The number of halogens is 2. The van der Waals surface area contributed by atoms with E-state index in [-0.39, 0.29) is 0 Å². The third kappa shape index (κ3) is 5.19. The molecule has 0 radical (unpaired) electrons. The van der Waals surface area contributed by atoms with Gasteiger partial charge in [-0.3, -0.25) is 0 Å². The maximum Gasteiger partial charge on any atom is 0.121 e. The van der Waals surface area contributed by atoms with Crippen LogP contribution in [0.3, 0.4) is 0 Å². The number of rotatable bonds is 7. The molecule has 1 saturated heterocycles. The Balaban J connectivity index is 1.54. The van der Waals surface area contributed by atoms with E-state index < -0.39 is 0 Å². The Kier molecular flexibility index (Phi) is 6.24. The van der Waals surface area contributed by atoms with Crippen molar-refractivity contribution in [3.05, 3.63) is 28.2 Å². The summed E-state index contributed by atoms with van der Waals surface area (Å²) < 4.78 is 11.1. The van der Waals surface area contributed by atoms with E-state index in [0.29, 0.717) is 23.3 Å². The summed E-state index contributed by atoms with van der Waals surface area (Å²) in [5, 5.41) is 1.05. The second kappa shape index (κ2) is 7.95. The zero-order valence-electron chi connectivity index (χ0n) is 10.9. The first-order chi connectivity index (χ1) is 9.25. The van der Waals surface area contributed by atoms with Crippen LogP contribution in [0.2, 0.25) is 10.0 Å². The predicted molar refractivity (Wildman–Crippen MR) is 78.5 cm³/mol. The minimum atomic E-state index is 0.508. The summed E-state index contributed by atoms with van der Waals surface area (Å²) in [5.74, 6) is 0.720. The van der Waals surface area contributed by atoms with Crippen LogP contribution in [-0.2, 0) is 4.74 Å². The van der Waals surface area contributed by atoms with Gasteiger partial charge in [0.2, 0.25) is 0 Å². The van der Waals surface area contributed by atoms with E-state index in [1.807, 2.05) is 0 Å². The maximum absolute atomic E-state index is 5.90. The highest BCUT2D eigenvalue weighted by molar-refractivity contribution is 6.42. The summed E-state index contributed by atoms with van der Waals surface area (Å²) >= 11 is 11.7. The first-order valence-electron chi connectivity index (χ1n) is 6.63. The van der Waals surface area contributed by atoms with Crippen LogP contribution >= 0.6 is 23.2 Å². The van der Waals surface area contributed by atoms with Crippen LogP contribution in [-0.4, -0.2) is 44.4 Å². The van der Waals surface area contributed by atoms with Crippen molar-refractivity contribution in [3.63, 3.8) is 0 Å². The van der Waals surface area contributed by atoms with Crippen molar-refractivity contribution in [2.45, 2.75) is 12.8 Å². The Morgan fingerprint density at radius 2 is 1.79 bits per heavy atom. The summed E-state index contributed by atoms with van der Waals surface area (Å²) in [6.07, 6.45) is 2.64. The van der Waals surface area contributed by atoms with Gasteiger partial charge in [0.15, 0.2) is 0 Å². The van der Waals surface area contributed by atoms with Crippen molar-refractivity contribution in [2.24, 2.45) is 0 Å². The lowest BCUT2D eigenvalue weighted by molar-refractivity contribution is 0.0846. The molecule has 1 aliphatic rings. The molecule has 1 aromatic rings. The van der Waals surface area contributed by atoms with Gasteiger partial charge in [-0.15, -0.1) is 0 Å². The largest absolute Gasteiger partial charge is 0.491 e. The first-order valence-corrected chi connectivity index (χ1v) is 7.39. The Morgan fingerprint density at radius 1 is 1.00 bits per heavy atom. The number of nitrogens with zero attached hydrogens (tertiary/aromatic N) is 1. The van der Waals surface area contributed by atoms with Crippen LogP contribution in [0.15, 0.2) is 18.2 Å². The van der Waals surface area contributed by atoms with E-state index in [9.17, 15) is 0 Å². The third-order valence-electron chi connectivity index (χ3n) is 3.14. The lowest BCUT2D eigenvalue weighted by Gasteiger charge is -2.14. The molecule has 1 aromatic carbocycles.